The lowest BCUT2D eigenvalue weighted by Gasteiger charge is -2.34. The lowest BCUT2D eigenvalue weighted by Crippen LogP contribution is -2.55. The Morgan fingerprint density at radius 2 is 1.56 bits per heavy atom. The summed E-state index contributed by atoms with van der Waals surface area (Å²) in [5.74, 6) is -1.18. The molecule has 3 aromatic rings. The van der Waals surface area contributed by atoms with E-state index in [1.807, 2.05) is 86.6 Å². The largest absolute Gasteiger partial charge is 0.357 e. The Labute approximate surface area is 233 Å². The highest BCUT2D eigenvalue weighted by molar-refractivity contribution is 5.95. The number of fused-ring (bicyclic) bond motifs is 1. The molecule has 0 fully saturated rings. The standard InChI is InChI=1S/C32H40N4O3/c1-32(2,33)19-11-16-29(37)35(4)28(22-24-17-18-25-14-9-10-15-26(25)20-24)31(39)36(5)27(30(38)34-3)21-23-12-7-6-8-13-23/h6-18,20,27-28H,19,21-22,33H2,1-5H3,(H,34,38)/b16-11+/t27-,28+/m0/s1/i5D. The molecule has 3 rings (SSSR count). The van der Waals surface area contributed by atoms with Crippen LogP contribution in [0.5, 0.6) is 0 Å². The van der Waals surface area contributed by atoms with Crippen LogP contribution in [-0.4, -0.2) is 66.3 Å². The number of nitrogens with two attached hydrogens (primary N) is 1. The van der Waals surface area contributed by atoms with E-state index in [4.69, 9.17) is 7.10 Å². The van der Waals surface area contributed by atoms with Crippen molar-refractivity contribution in [2.24, 2.45) is 5.73 Å². The molecule has 0 aliphatic carbocycles. The average Bonchev–Trinajstić information content (AvgIpc) is 2.94. The van der Waals surface area contributed by atoms with E-state index < -0.39 is 30.6 Å². The molecule has 3 amide bonds. The normalized spacial score (nSPS) is 13.5. The van der Waals surface area contributed by atoms with Crippen LogP contribution in [0, 0.1) is 0 Å². The van der Waals surface area contributed by atoms with Crippen LogP contribution >= 0.6 is 0 Å². The molecule has 7 nitrogen and oxygen atoms in total. The summed E-state index contributed by atoms with van der Waals surface area (Å²) in [5.41, 5.74) is 7.31. The zero-order chi connectivity index (χ0) is 29.3. The number of benzene rings is 3. The van der Waals surface area contributed by atoms with E-state index in [1.54, 1.807) is 13.1 Å². The maximum absolute atomic E-state index is 14.2. The number of amides is 3. The molecule has 206 valence electrons. The summed E-state index contributed by atoms with van der Waals surface area (Å²) in [6, 6.07) is 21.4. The van der Waals surface area contributed by atoms with Gasteiger partial charge in [0, 0.05) is 40.9 Å². The molecule has 3 aromatic carbocycles. The van der Waals surface area contributed by atoms with Crippen LogP contribution < -0.4 is 11.1 Å². The third-order valence-corrected chi connectivity index (χ3v) is 6.73. The van der Waals surface area contributed by atoms with Gasteiger partial charge in [-0.3, -0.25) is 14.4 Å². The molecule has 0 radical (unpaired) electrons. The number of hydrogen-bond acceptors (Lipinski definition) is 4. The number of carbonyl (C=O) groups excluding carboxylic acids is 3. The Balaban J connectivity index is 1.97. The van der Waals surface area contributed by atoms with Gasteiger partial charge in [-0.25, -0.2) is 0 Å². The minimum absolute atomic E-state index is 0.227. The molecule has 0 aliphatic rings. The molecule has 0 heterocycles. The number of hydrogen-bond donors (Lipinski definition) is 2. The van der Waals surface area contributed by atoms with Gasteiger partial charge in [0.15, 0.2) is 0 Å². The Morgan fingerprint density at radius 1 is 0.923 bits per heavy atom. The second-order valence-electron chi connectivity index (χ2n) is 10.6. The van der Waals surface area contributed by atoms with Crippen LogP contribution in [0.1, 0.15) is 32.8 Å². The molecule has 0 saturated heterocycles. The molecular weight excluding hydrogens is 488 g/mol. The number of nitrogens with zero attached hydrogens (tertiary/aromatic N) is 2. The van der Waals surface area contributed by atoms with Crippen molar-refractivity contribution in [3.8, 4) is 0 Å². The molecule has 0 unspecified atom stereocenters. The molecule has 7 heteroatoms. The van der Waals surface area contributed by atoms with Crippen molar-refractivity contribution in [1.29, 1.82) is 0 Å². The maximum Gasteiger partial charge on any atom is 0.246 e. The summed E-state index contributed by atoms with van der Waals surface area (Å²) in [7, 11) is 2.66. The minimum Gasteiger partial charge on any atom is -0.357 e. The van der Waals surface area contributed by atoms with Crippen LogP contribution in [0.25, 0.3) is 10.8 Å². The molecule has 0 aliphatic heterocycles. The third kappa shape index (κ3) is 8.26. The number of rotatable bonds is 11. The molecular formula is C32H40N4O3. The lowest BCUT2D eigenvalue weighted by molar-refractivity contribution is -0.146. The summed E-state index contributed by atoms with van der Waals surface area (Å²) in [6.45, 7) is 3.74. The summed E-state index contributed by atoms with van der Waals surface area (Å²) in [5, 5.41) is 4.73. The lowest BCUT2D eigenvalue weighted by atomic mass is 9.98. The number of nitrogens with one attached hydrogen (secondary N) is 1. The van der Waals surface area contributed by atoms with E-state index in [2.05, 4.69) is 5.32 Å². The van der Waals surface area contributed by atoms with Gasteiger partial charge in [0.2, 0.25) is 17.7 Å². The fraction of sp³-hybridized carbons (Fsp3) is 0.344. The van der Waals surface area contributed by atoms with Crippen LogP contribution in [0.2, 0.25) is 0 Å². The second kappa shape index (κ2) is 13.2. The highest BCUT2D eigenvalue weighted by atomic mass is 16.2. The van der Waals surface area contributed by atoms with Gasteiger partial charge in [-0.2, -0.15) is 0 Å². The minimum atomic E-state index is -0.933. The van der Waals surface area contributed by atoms with E-state index in [0.717, 1.165) is 21.9 Å². The van der Waals surface area contributed by atoms with E-state index in [9.17, 15) is 14.4 Å². The van der Waals surface area contributed by atoms with Crippen LogP contribution in [0.4, 0.5) is 0 Å². The van der Waals surface area contributed by atoms with Crippen molar-refractivity contribution in [1.82, 2.24) is 15.1 Å². The van der Waals surface area contributed by atoms with Gasteiger partial charge in [0.25, 0.3) is 0 Å². The zero-order valence-electron chi connectivity index (χ0n) is 24.3. The Bertz CT molecular complexity index is 1340. The quantitative estimate of drug-likeness (QED) is 0.370. The number of likely N-dealkylation sites (N-methyl/N-ethyl adjacent to an activating group) is 3. The molecule has 2 atom stereocenters. The first-order chi connectivity index (χ1) is 19.0. The predicted molar refractivity (Wildman–Crippen MR) is 157 cm³/mol. The van der Waals surface area contributed by atoms with Crippen LogP contribution in [0.15, 0.2) is 84.9 Å². The highest BCUT2D eigenvalue weighted by Crippen LogP contribution is 2.20. The number of carbonyl (C=O) groups is 3. The fourth-order valence-electron chi connectivity index (χ4n) is 4.41. The SMILES string of the molecule is [2H]CN(C(=O)[C@@H](Cc1ccc2ccccc2c1)N(C)C(=O)/C=C/CC(C)(C)N)[C@@H](Cc1ccccc1)C(=O)NC. The van der Waals surface area contributed by atoms with E-state index in [0.29, 0.717) is 6.42 Å². The van der Waals surface area contributed by atoms with Crippen LogP contribution in [-0.2, 0) is 27.2 Å². The van der Waals surface area contributed by atoms with E-state index in [1.165, 1.54) is 22.9 Å². The molecule has 39 heavy (non-hydrogen) atoms. The van der Waals surface area contributed by atoms with Gasteiger partial charge in [0.05, 0.1) is 0 Å². The summed E-state index contributed by atoms with van der Waals surface area (Å²) in [6.07, 6.45) is 4.11. The molecule has 0 bridgehead atoms. The van der Waals surface area contributed by atoms with Crippen LogP contribution in [0.3, 0.4) is 0 Å². The molecule has 3 N–H and O–H groups in total. The van der Waals surface area contributed by atoms with Crippen molar-refractivity contribution in [3.05, 3.63) is 96.1 Å². The van der Waals surface area contributed by atoms with Crippen molar-refractivity contribution < 1.29 is 15.8 Å². The summed E-state index contributed by atoms with van der Waals surface area (Å²) >= 11 is 0. The monoisotopic (exact) mass is 529 g/mol. The zero-order valence-corrected chi connectivity index (χ0v) is 23.3. The summed E-state index contributed by atoms with van der Waals surface area (Å²) < 4.78 is 8.26. The topological polar surface area (TPSA) is 95.7 Å². The van der Waals surface area contributed by atoms with Gasteiger partial charge >= 0.3 is 0 Å². The van der Waals surface area contributed by atoms with Crippen molar-refractivity contribution in [3.63, 3.8) is 0 Å². The third-order valence-electron chi connectivity index (χ3n) is 6.73. The molecule has 0 spiro atoms. The summed E-state index contributed by atoms with van der Waals surface area (Å²) in [4.78, 5) is 43.0. The Kier molecular flexibility index (Phi) is 9.49. The molecule has 0 aromatic heterocycles. The van der Waals surface area contributed by atoms with Crippen molar-refractivity contribution >= 4 is 28.5 Å². The second-order valence-corrected chi connectivity index (χ2v) is 10.6. The molecule has 0 saturated carbocycles. The first-order valence-electron chi connectivity index (χ1n) is 13.8. The first-order valence-corrected chi connectivity index (χ1v) is 13.1. The Hall–Kier alpha value is -3.97. The van der Waals surface area contributed by atoms with Gasteiger partial charge < -0.3 is 20.9 Å². The van der Waals surface area contributed by atoms with Gasteiger partial charge in [-0.05, 0) is 48.2 Å². The van der Waals surface area contributed by atoms with Gasteiger partial charge in [-0.15, -0.1) is 0 Å². The highest BCUT2D eigenvalue weighted by Gasteiger charge is 2.34. The smallest absolute Gasteiger partial charge is 0.246 e. The van der Waals surface area contributed by atoms with Crippen molar-refractivity contribution in [2.75, 3.05) is 21.1 Å². The average molecular weight is 530 g/mol. The van der Waals surface area contributed by atoms with Gasteiger partial charge in [-0.1, -0.05) is 78.9 Å². The van der Waals surface area contributed by atoms with E-state index >= 15 is 0 Å². The maximum atomic E-state index is 14.2. The van der Waals surface area contributed by atoms with Crippen molar-refractivity contribution in [2.45, 2.75) is 50.7 Å². The predicted octanol–water partition coefficient (Wildman–Crippen LogP) is 3.71. The van der Waals surface area contributed by atoms with Gasteiger partial charge in [0.1, 0.15) is 12.1 Å². The van der Waals surface area contributed by atoms with E-state index in [-0.39, 0.29) is 24.7 Å². The Morgan fingerprint density at radius 3 is 2.21 bits per heavy atom. The first kappa shape index (κ1) is 28.0. The fourth-order valence-corrected chi connectivity index (χ4v) is 4.41.